The largest absolute Gasteiger partial charge is 0.497 e. The van der Waals surface area contributed by atoms with Crippen molar-refractivity contribution >= 4 is 55.2 Å². The summed E-state index contributed by atoms with van der Waals surface area (Å²) in [5.41, 5.74) is 1.58. The van der Waals surface area contributed by atoms with Crippen molar-refractivity contribution in [2.45, 2.75) is 11.8 Å². The smallest absolute Gasteiger partial charge is 0.234 e. The van der Waals surface area contributed by atoms with E-state index in [4.69, 9.17) is 9.47 Å². The number of thioether (sulfide) groups is 1. The number of methoxy groups -OCH3 is 1. The van der Waals surface area contributed by atoms with E-state index in [1.54, 1.807) is 7.11 Å². The summed E-state index contributed by atoms with van der Waals surface area (Å²) in [5, 5.41) is 12.2. The molecule has 0 spiro atoms. The van der Waals surface area contributed by atoms with Gasteiger partial charge in [-0.2, -0.15) is 0 Å². The average Bonchev–Trinajstić information content (AvgIpc) is 3.27. The van der Waals surface area contributed by atoms with Crippen molar-refractivity contribution in [3.63, 3.8) is 0 Å². The second kappa shape index (κ2) is 11.5. The predicted molar refractivity (Wildman–Crippen MR) is 140 cm³/mol. The lowest BCUT2D eigenvalue weighted by atomic mass is 10.3. The van der Waals surface area contributed by atoms with Crippen molar-refractivity contribution in [2.24, 2.45) is 0 Å². The molecule has 0 saturated carbocycles. The van der Waals surface area contributed by atoms with Gasteiger partial charge in [0.2, 0.25) is 5.91 Å². The minimum atomic E-state index is -0.151. The highest BCUT2D eigenvalue weighted by Gasteiger charge is 2.17. The highest BCUT2D eigenvalue weighted by Crippen LogP contribution is 2.27. The summed E-state index contributed by atoms with van der Waals surface area (Å²) < 4.78 is 14.7. The van der Waals surface area contributed by atoms with Gasteiger partial charge in [0.25, 0.3) is 0 Å². The van der Waals surface area contributed by atoms with Gasteiger partial charge >= 0.3 is 0 Å². The predicted octanol–water partition coefficient (Wildman–Crippen LogP) is 6.11. The maximum atomic E-state index is 12.6. The highest BCUT2D eigenvalue weighted by molar-refractivity contribution is 9.11. The standard InChI is InChI=1S/C24H20Br2N4O3S/c1-32-18-8-10-19(11-9-18)33-14-22-28-29-24(30(22)17-5-3-2-4-6-17)34-15-23(31)27-21-13-16(25)7-12-20(21)26/h2-13H,14-15H2,1H3,(H,27,31). The third-order valence-electron chi connectivity index (χ3n) is 4.68. The number of anilines is 1. The number of hydrogen-bond donors (Lipinski definition) is 1. The summed E-state index contributed by atoms with van der Waals surface area (Å²) in [6.45, 7) is 0.214. The molecule has 0 bridgehead atoms. The first kappa shape index (κ1) is 24.3. The van der Waals surface area contributed by atoms with Crippen molar-refractivity contribution < 1.29 is 14.3 Å². The lowest BCUT2D eigenvalue weighted by Crippen LogP contribution is -2.15. The Labute approximate surface area is 218 Å². The Morgan fingerprint density at radius 2 is 1.74 bits per heavy atom. The summed E-state index contributed by atoms with van der Waals surface area (Å²) >= 11 is 8.18. The van der Waals surface area contributed by atoms with Crippen molar-refractivity contribution in [3.8, 4) is 17.2 Å². The maximum absolute atomic E-state index is 12.6. The molecule has 1 N–H and O–H groups in total. The van der Waals surface area contributed by atoms with E-state index in [9.17, 15) is 4.79 Å². The van der Waals surface area contributed by atoms with Crippen LogP contribution in [0.25, 0.3) is 5.69 Å². The number of ether oxygens (including phenoxy) is 2. The Morgan fingerprint density at radius 1 is 1.00 bits per heavy atom. The number of aromatic nitrogens is 3. The Balaban J connectivity index is 1.48. The monoisotopic (exact) mass is 602 g/mol. The summed E-state index contributed by atoms with van der Waals surface area (Å²) in [6, 6.07) is 22.7. The highest BCUT2D eigenvalue weighted by atomic mass is 79.9. The average molecular weight is 604 g/mol. The van der Waals surface area contributed by atoms with E-state index in [1.165, 1.54) is 11.8 Å². The second-order valence-electron chi connectivity index (χ2n) is 6.99. The van der Waals surface area contributed by atoms with Gasteiger partial charge in [0.15, 0.2) is 11.0 Å². The molecule has 1 heterocycles. The molecule has 0 atom stereocenters. The van der Waals surface area contributed by atoms with Crippen molar-refractivity contribution in [3.05, 3.63) is 87.6 Å². The number of nitrogens with zero attached hydrogens (tertiary/aromatic N) is 3. The molecule has 7 nitrogen and oxygen atoms in total. The molecule has 0 aliphatic carbocycles. The minimum Gasteiger partial charge on any atom is -0.497 e. The quantitative estimate of drug-likeness (QED) is 0.233. The van der Waals surface area contributed by atoms with Crippen LogP contribution in [-0.2, 0) is 11.4 Å². The molecule has 4 rings (SSSR count). The van der Waals surface area contributed by atoms with Crippen LogP contribution in [0.15, 0.2) is 86.9 Å². The molecule has 4 aromatic rings. The fraction of sp³-hybridized carbons (Fsp3) is 0.125. The molecule has 174 valence electrons. The first-order chi connectivity index (χ1) is 16.5. The van der Waals surface area contributed by atoms with E-state index < -0.39 is 0 Å². The van der Waals surface area contributed by atoms with Gasteiger partial charge < -0.3 is 14.8 Å². The lowest BCUT2D eigenvalue weighted by Gasteiger charge is -2.12. The van der Waals surface area contributed by atoms with Gasteiger partial charge in [-0.25, -0.2) is 0 Å². The van der Waals surface area contributed by atoms with E-state index in [-0.39, 0.29) is 18.3 Å². The molecule has 1 aromatic heterocycles. The Morgan fingerprint density at radius 3 is 2.47 bits per heavy atom. The van der Waals surface area contributed by atoms with Gasteiger partial charge in [-0.05, 0) is 70.5 Å². The van der Waals surface area contributed by atoms with Crippen molar-refractivity contribution in [1.29, 1.82) is 0 Å². The molecular weight excluding hydrogens is 584 g/mol. The molecule has 1 amide bonds. The molecular formula is C24H20Br2N4O3S. The van der Waals surface area contributed by atoms with Crippen LogP contribution >= 0.6 is 43.6 Å². The summed E-state index contributed by atoms with van der Waals surface area (Å²) in [7, 11) is 1.62. The summed E-state index contributed by atoms with van der Waals surface area (Å²) in [4.78, 5) is 12.6. The Hall–Kier alpha value is -2.82. The minimum absolute atomic E-state index is 0.151. The van der Waals surface area contributed by atoms with Crippen LogP contribution in [-0.4, -0.2) is 33.5 Å². The molecule has 0 fully saturated rings. The molecule has 34 heavy (non-hydrogen) atoms. The van der Waals surface area contributed by atoms with E-state index >= 15 is 0 Å². The topological polar surface area (TPSA) is 78.3 Å². The van der Waals surface area contributed by atoms with Gasteiger partial charge in [0, 0.05) is 14.6 Å². The Kier molecular flexibility index (Phi) is 8.25. The van der Waals surface area contributed by atoms with Crippen LogP contribution in [0.3, 0.4) is 0 Å². The molecule has 0 saturated heterocycles. The number of halogens is 2. The molecule has 0 aliphatic rings. The number of para-hydroxylation sites is 1. The zero-order valence-electron chi connectivity index (χ0n) is 18.1. The number of benzene rings is 3. The van der Waals surface area contributed by atoms with E-state index in [2.05, 4.69) is 47.4 Å². The number of nitrogens with one attached hydrogen (secondary N) is 1. The molecule has 0 aliphatic heterocycles. The maximum Gasteiger partial charge on any atom is 0.234 e. The van der Waals surface area contributed by atoms with Crippen LogP contribution in [0.2, 0.25) is 0 Å². The van der Waals surface area contributed by atoms with Gasteiger partial charge in [0.05, 0.1) is 18.6 Å². The van der Waals surface area contributed by atoms with Crippen molar-refractivity contribution in [1.82, 2.24) is 14.8 Å². The van der Waals surface area contributed by atoms with Crippen LogP contribution in [0.4, 0.5) is 5.69 Å². The number of carbonyl (C=O) groups is 1. The van der Waals surface area contributed by atoms with Gasteiger partial charge in [0.1, 0.15) is 18.1 Å². The fourth-order valence-corrected chi connectivity index (χ4v) is 4.53. The van der Waals surface area contributed by atoms with Gasteiger partial charge in [-0.3, -0.25) is 9.36 Å². The normalized spacial score (nSPS) is 10.7. The molecule has 0 unspecified atom stereocenters. The number of carbonyl (C=O) groups excluding carboxylic acids is 1. The third-order valence-corrected chi connectivity index (χ3v) is 6.79. The SMILES string of the molecule is COc1ccc(OCc2nnc(SCC(=O)Nc3cc(Br)ccc3Br)n2-c2ccccc2)cc1. The fourth-order valence-electron chi connectivity index (χ4n) is 3.05. The van der Waals surface area contributed by atoms with Crippen LogP contribution in [0.5, 0.6) is 11.5 Å². The van der Waals surface area contributed by atoms with Crippen LogP contribution in [0, 0.1) is 0 Å². The molecule has 10 heteroatoms. The zero-order valence-corrected chi connectivity index (χ0v) is 22.1. The third kappa shape index (κ3) is 6.19. The first-order valence-electron chi connectivity index (χ1n) is 10.2. The number of hydrogen-bond acceptors (Lipinski definition) is 6. The Bertz CT molecular complexity index is 1270. The number of rotatable bonds is 9. The van der Waals surface area contributed by atoms with Gasteiger partial charge in [-0.15, -0.1) is 10.2 Å². The lowest BCUT2D eigenvalue weighted by molar-refractivity contribution is -0.113. The number of amides is 1. The molecule has 0 radical (unpaired) electrons. The van der Waals surface area contributed by atoms with Gasteiger partial charge in [-0.1, -0.05) is 45.9 Å². The van der Waals surface area contributed by atoms with E-state index in [0.717, 1.165) is 20.4 Å². The summed E-state index contributed by atoms with van der Waals surface area (Å²) in [6.07, 6.45) is 0. The second-order valence-corrected chi connectivity index (χ2v) is 9.71. The zero-order chi connectivity index (χ0) is 23.9. The summed E-state index contributed by atoms with van der Waals surface area (Å²) in [5.74, 6) is 2.09. The molecule has 3 aromatic carbocycles. The van der Waals surface area contributed by atoms with Crippen molar-refractivity contribution in [2.75, 3.05) is 18.2 Å². The first-order valence-corrected chi connectivity index (χ1v) is 12.7. The van der Waals surface area contributed by atoms with Crippen LogP contribution < -0.4 is 14.8 Å². The van der Waals surface area contributed by atoms with E-state index in [0.29, 0.717) is 22.4 Å². The van der Waals surface area contributed by atoms with E-state index in [1.807, 2.05) is 77.4 Å². The van der Waals surface area contributed by atoms with Crippen LogP contribution in [0.1, 0.15) is 5.82 Å².